The van der Waals surface area contributed by atoms with E-state index < -0.39 is 11.9 Å². The predicted octanol–water partition coefficient (Wildman–Crippen LogP) is 5.02. The van der Waals surface area contributed by atoms with Crippen molar-refractivity contribution in [2.75, 3.05) is 44.5 Å². The number of esters is 1. The highest BCUT2D eigenvalue weighted by Gasteiger charge is 2.36. The number of fused-ring (bicyclic) bond motifs is 1. The largest absolute Gasteiger partial charge is 0.465 e. The SMILES string of the molecule is COC(=O)c1ccc2c(c1)NC(=O)C2C(=Nc1ccc(N(C)C(=O)CC2CCN(C)CC2)cc1)c1ccccc1. The zero-order valence-corrected chi connectivity index (χ0v) is 23.1. The van der Waals surface area contributed by atoms with Gasteiger partial charge in [0.1, 0.15) is 5.92 Å². The first-order valence-electron chi connectivity index (χ1n) is 13.6. The number of nitrogens with one attached hydrogen (secondary N) is 1. The number of likely N-dealkylation sites (tertiary alicyclic amines) is 1. The Labute approximate surface area is 234 Å². The monoisotopic (exact) mass is 538 g/mol. The number of amides is 2. The molecule has 0 saturated carbocycles. The van der Waals surface area contributed by atoms with Gasteiger partial charge in [-0.2, -0.15) is 0 Å². The molecule has 0 aromatic heterocycles. The summed E-state index contributed by atoms with van der Waals surface area (Å²) in [6.07, 6.45) is 2.65. The van der Waals surface area contributed by atoms with Gasteiger partial charge >= 0.3 is 5.97 Å². The number of carbonyl (C=O) groups is 3. The van der Waals surface area contributed by atoms with Crippen molar-refractivity contribution in [2.45, 2.75) is 25.2 Å². The molecule has 2 aliphatic heterocycles. The molecule has 2 aliphatic rings. The lowest BCUT2D eigenvalue weighted by Crippen LogP contribution is -2.34. The molecule has 2 amide bonds. The molecule has 0 bridgehead atoms. The maximum Gasteiger partial charge on any atom is 0.337 e. The number of nitrogens with zero attached hydrogens (tertiary/aromatic N) is 3. The third-order valence-corrected chi connectivity index (χ3v) is 7.81. The van der Waals surface area contributed by atoms with Crippen LogP contribution in [0.5, 0.6) is 0 Å². The van der Waals surface area contributed by atoms with Crippen molar-refractivity contribution >= 4 is 40.6 Å². The zero-order chi connectivity index (χ0) is 28.2. The van der Waals surface area contributed by atoms with Crippen molar-refractivity contribution in [1.29, 1.82) is 0 Å². The third-order valence-electron chi connectivity index (χ3n) is 7.81. The molecule has 2 heterocycles. The third kappa shape index (κ3) is 5.82. The Morgan fingerprint density at radius 2 is 1.70 bits per heavy atom. The Bertz CT molecular complexity index is 1430. The van der Waals surface area contributed by atoms with Gasteiger partial charge in [0.05, 0.1) is 24.1 Å². The molecule has 40 heavy (non-hydrogen) atoms. The summed E-state index contributed by atoms with van der Waals surface area (Å²) in [6.45, 7) is 2.07. The molecule has 1 N–H and O–H groups in total. The van der Waals surface area contributed by atoms with E-state index in [0.717, 1.165) is 42.7 Å². The topological polar surface area (TPSA) is 91.3 Å². The lowest BCUT2D eigenvalue weighted by atomic mass is 9.90. The summed E-state index contributed by atoms with van der Waals surface area (Å²) in [6, 6.07) is 22.2. The summed E-state index contributed by atoms with van der Waals surface area (Å²) in [4.78, 5) is 47.2. The number of ether oxygens (including phenoxy) is 1. The number of carbonyl (C=O) groups excluding carboxylic acids is 3. The Kier molecular flexibility index (Phi) is 8.07. The summed E-state index contributed by atoms with van der Waals surface area (Å²) >= 11 is 0. The van der Waals surface area contributed by atoms with E-state index in [0.29, 0.717) is 35.0 Å². The second-order valence-electron chi connectivity index (χ2n) is 10.5. The standard InChI is InChI=1S/C32H34N4O4/c1-35-17-15-21(16-18-35)19-28(37)36(2)25-12-10-24(11-13-25)33-30(22-7-5-4-6-8-22)29-26-14-9-23(32(39)40-3)20-27(26)34-31(29)38/h4-14,20-21,29H,15-19H2,1-3H3,(H,34,38). The number of rotatable bonds is 7. The number of aliphatic imine (C=N–C) groups is 1. The highest BCUT2D eigenvalue weighted by Crippen LogP contribution is 2.37. The first-order chi connectivity index (χ1) is 19.3. The van der Waals surface area contributed by atoms with Crippen molar-refractivity contribution in [3.8, 4) is 0 Å². The number of hydrogen-bond donors (Lipinski definition) is 1. The molecule has 1 atom stereocenters. The number of hydrogen-bond acceptors (Lipinski definition) is 6. The van der Waals surface area contributed by atoms with Crippen LogP contribution in [0.15, 0.2) is 77.8 Å². The fourth-order valence-corrected chi connectivity index (χ4v) is 5.37. The van der Waals surface area contributed by atoms with Gasteiger partial charge in [0.2, 0.25) is 11.8 Å². The van der Waals surface area contributed by atoms with Gasteiger partial charge in [0, 0.05) is 24.8 Å². The van der Waals surface area contributed by atoms with Gasteiger partial charge in [0.15, 0.2) is 0 Å². The summed E-state index contributed by atoms with van der Waals surface area (Å²) in [5.41, 5.74) is 4.58. The van der Waals surface area contributed by atoms with Crippen LogP contribution < -0.4 is 10.2 Å². The van der Waals surface area contributed by atoms with Crippen LogP contribution in [0.2, 0.25) is 0 Å². The molecular weight excluding hydrogens is 504 g/mol. The highest BCUT2D eigenvalue weighted by atomic mass is 16.5. The van der Waals surface area contributed by atoms with Crippen LogP contribution in [0.25, 0.3) is 0 Å². The zero-order valence-electron chi connectivity index (χ0n) is 23.1. The maximum atomic E-state index is 13.2. The van der Waals surface area contributed by atoms with Crippen molar-refractivity contribution in [3.63, 3.8) is 0 Å². The van der Waals surface area contributed by atoms with Gasteiger partial charge in [0.25, 0.3) is 0 Å². The van der Waals surface area contributed by atoms with Gasteiger partial charge in [-0.3, -0.25) is 14.6 Å². The maximum absolute atomic E-state index is 13.2. The normalized spacial score (nSPS) is 17.7. The lowest BCUT2D eigenvalue weighted by Gasteiger charge is -2.29. The Morgan fingerprint density at radius 1 is 1.00 bits per heavy atom. The minimum Gasteiger partial charge on any atom is -0.465 e. The quantitative estimate of drug-likeness (QED) is 0.337. The summed E-state index contributed by atoms with van der Waals surface area (Å²) in [7, 11) is 5.26. The van der Waals surface area contributed by atoms with Crippen molar-refractivity contribution in [3.05, 3.63) is 89.5 Å². The first kappa shape index (κ1) is 27.3. The van der Waals surface area contributed by atoms with Gasteiger partial charge in [-0.15, -0.1) is 0 Å². The van der Waals surface area contributed by atoms with Crippen LogP contribution in [0.3, 0.4) is 0 Å². The Morgan fingerprint density at radius 3 is 2.38 bits per heavy atom. The average molecular weight is 539 g/mol. The van der Waals surface area contributed by atoms with E-state index in [1.165, 1.54) is 7.11 Å². The number of piperidine rings is 1. The molecule has 5 rings (SSSR count). The first-order valence-corrected chi connectivity index (χ1v) is 13.6. The van der Waals surface area contributed by atoms with E-state index in [4.69, 9.17) is 9.73 Å². The minimum atomic E-state index is -0.650. The molecule has 206 valence electrons. The number of anilines is 2. The molecule has 1 fully saturated rings. The van der Waals surface area contributed by atoms with E-state index in [1.54, 1.807) is 23.1 Å². The smallest absolute Gasteiger partial charge is 0.337 e. The second-order valence-corrected chi connectivity index (χ2v) is 10.5. The molecule has 0 radical (unpaired) electrons. The summed E-state index contributed by atoms with van der Waals surface area (Å²) in [5.74, 6) is -0.792. The molecule has 1 unspecified atom stereocenters. The van der Waals surface area contributed by atoms with E-state index in [-0.39, 0.29) is 11.8 Å². The van der Waals surface area contributed by atoms with Crippen LogP contribution in [-0.2, 0) is 14.3 Å². The lowest BCUT2D eigenvalue weighted by molar-refractivity contribution is -0.119. The van der Waals surface area contributed by atoms with Crippen molar-refractivity contribution < 1.29 is 19.1 Å². The van der Waals surface area contributed by atoms with E-state index in [2.05, 4.69) is 17.3 Å². The van der Waals surface area contributed by atoms with Crippen LogP contribution in [0.4, 0.5) is 17.1 Å². The Hall–Kier alpha value is -4.30. The van der Waals surface area contributed by atoms with Crippen LogP contribution in [-0.4, -0.2) is 62.7 Å². The van der Waals surface area contributed by atoms with Crippen molar-refractivity contribution in [2.24, 2.45) is 10.9 Å². The average Bonchev–Trinajstić information content (AvgIpc) is 3.31. The molecule has 1 saturated heterocycles. The van der Waals surface area contributed by atoms with E-state index in [1.807, 2.05) is 61.6 Å². The molecule has 3 aromatic rings. The van der Waals surface area contributed by atoms with Crippen LogP contribution in [0, 0.1) is 5.92 Å². The molecule has 0 spiro atoms. The summed E-state index contributed by atoms with van der Waals surface area (Å²) < 4.78 is 4.83. The van der Waals surface area contributed by atoms with Gasteiger partial charge in [-0.1, -0.05) is 36.4 Å². The second kappa shape index (κ2) is 11.8. The molecular formula is C32H34N4O4. The predicted molar refractivity (Wildman–Crippen MR) is 156 cm³/mol. The fourth-order valence-electron chi connectivity index (χ4n) is 5.37. The number of methoxy groups -OCH3 is 1. The summed E-state index contributed by atoms with van der Waals surface area (Å²) in [5, 5.41) is 2.90. The van der Waals surface area contributed by atoms with Gasteiger partial charge in [-0.05, 0) is 86.4 Å². The van der Waals surface area contributed by atoms with Gasteiger partial charge in [-0.25, -0.2) is 4.79 Å². The Balaban J connectivity index is 1.40. The van der Waals surface area contributed by atoms with E-state index >= 15 is 0 Å². The van der Waals surface area contributed by atoms with Crippen LogP contribution >= 0.6 is 0 Å². The van der Waals surface area contributed by atoms with Crippen molar-refractivity contribution in [1.82, 2.24) is 4.90 Å². The minimum absolute atomic E-state index is 0.112. The molecule has 3 aromatic carbocycles. The van der Waals surface area contributed by atoms with Gasteiger partial charge < -0.3 is 19.9 Å². The number of benzene rings is 3. The molecule has 0 aliphatic carbocycles. The fraction of sp³-hybridized carbons (Fsp3) is 0.312. The van der Waals surface area contributed by atoms with E-state index in [9.17, 15) is 14.4 Å². The van der Waals surface area contributed by atoms with Crippen LogP contribution in [0.1, 0.15) is 46.7 Å². The molecule has 8 nitrogen and oxygen atoms in total. The highest BCUT2D eigenvalue weighted by molar-refractivity contribution is 6.24. The molecule has 8 heteroatoms.